The molecule has 162 valence electrons. The van der Waals surface area contributed by atoms with Gasteiger partial charge in [-0.3, -0.25) is 19.4 Å². The van der Waals surface area contributed by atoms with Gasteiger partial charge in [0.15, 0.2) is 5.82 Å². The monoisotopic (exact) mass is 443 g/mol. The molecule has 1 aliphatic heterocycles. The molecule has 3 heterocycles. The molecule has 1 saturated carbocycles. The van der Waals surface area contributed by atoms with Crippen LogP contribution in [-0.4, -0.2) is 51.3 Å². The summed E-state index contributed by atoms with van der Waals surface area (Å²) in [4.78, 5) is 48.4. The zero-order chi connectivity index (χ0) is 22.0. The number of nitrogens with zero attached hydrogens (tertiary/aromatic N) is 3. The van der Waals surface area contributed by atoms with Crippen molar-refractivity contribution >= 4 is 40.4 Å². The van der Waals surface area contributed by atoms with Gasteiger partial charge in [0.25, 0.3) is 5.91 Å². The largest absolute Gasteiger partial charge is 0.356 e. The molecule has 3 amide bonds. The number of fused-ring (bicyclic) bond motifs is 1. The number of aromatic nitrogens is 3. The first-order valence-corrected chi connectivity index (χ1v) is 10.6. The molecule has 1 saturated heterocycles. The average Bonchev–Trinajstić information content (AvgIpc) is 3.30. The summed E-state index contributed by atoms with van der Waals surface area (Å²) in [6.07, 6.45) is 6.29. The highest BCUT2D eigenvalue weighted by Crippen LogP contribution is 2.33. The Balaban J connectivity index is 1.43. The first-order chi connectivity index (χ1) is 14.9. The number of H-pyrrole nitrogens is 1. The standard InChI is InChI=1S/C20H22ClN7O3/c21-13-8-23-9-15-16(13)28-17(26-15)20(31)27-14(5-10-1-2-10)19(30)25-12(7-22)6-11-3-4-24-18(11)29/h8-12,14H,1-6H2,(H,24,29)(H,25,30)(H,26,28)(H,27,31). The third-order valence-corrected chi connectivity index (χ3v) is 5.88. The van der Waals surface area contributed by atoms with Crippen LogP contribution in [0.15, 0.2) is 12.4 Å². The van der Waals surface area contributed by atoms with E-state index in [1.165, 1.54) is 12.4 Å². The maximum absolute atomic E-state index is 12.9. The van der Waals surface area contributed by atoms with E-state index in [-0.39, 0.29) is 24.1 Å². The van der Waals surface area contributed by atoms with Gasteiger partial charge in [-0.25, -0.2) is 4.98 Å². The van der Waals surface area contributed by atoms with Gasteiger partial charge in [-0.15, -0.1) is 0 Å². The fourth-order valence-electron chi connectivity index (χ4n) is 3.72. The Kier molecular flexibility index (Phi) is 6.04. The number of imidazole rings is 1. The molecule has 3 atom stereocenters. The van der Waals surface area contributed by atoms with Crippen molar-refractivity contribution in [2.45, 2.75) is 44.2 Å². The second kappa shape index (κ2) is 8.89. The molecule has 0 radical (unpaired) electrons. The zero-order valence-electron chi connectivity index (χ0n) is 16.7. The topological polar surface area (TPSA) is 153 Å². The van der Waals surface area contributed by atoms with E-state index < -0.39 is 23.9 Å². The number of nitriles is 1. The number of halogens is 1. The average molecular weight is 444 g/mol. The maximum Gasteiger partial charge on any atom is 0.287 e. The van der Waals surface area contributed by atoms with Crippen molar-refractivity contribution in [3.63, 3.8) is 0 Å². The predicted molar refractivity (Wildman–Crippen MR) is 111 cm³/mol. The summed E-state index contributed by atoms with van der Waals surface area (Å²) < 4.78 is 0. The summed E-state index contributed by atoms with van der Waals surface area (Å²) in [5, 5.41) is 17.9. The van der Waals surface area contributed by atoms with Crippen LogP contribution in [0.5, 0.6) is 0 Å². The molecule has 2 fully saturated rings. The first-order valence-electron chi connectivity index (χ1n) is 10.2. The molecule has 4 rings (SSSR count). The number of pyridine rings is 1. The summed E-state index contributed by atoms with van der Waals surface area (Å²) >= 11 is 6.06. The SMILES string of the molecule is N#CC(CC1CCNC1=O)NC(=O)C(CC1CC1)NC(=O)c1nc2c(Cl)cncc2[nH]1. The molecule has 0 spiro atoms. The lowest BCUT2D eigenvalue weighted by Crippen LogP contribution is -2.50. The van der Waals surface area contributed by atoms with E-state index in [2.05, 4.69) is 30.9 Å². The number of hydrogen-bond acceptors (Lipinski definition) is 6. The summed E-state index contributed by atoms with van der Waals surface area (Å²) in [6.45, 7) is 0.576. The number of carbonyl (C=O) groups is 3. The minimum Gasteiger partial charge on any atom is -0.356 e. The van der Waals surface area contributed by atoms with Crippen LogP contribution in [0.1, 0.15) is 42.7 Å². The van der Waals surface area contributed by atoms with Gasteiger partial charge in [0.2, 0.25) is 11.8 Å². The highest BCUT2D eigenvalue weighted by atomic mass is 35.5. The molecule has 31 heavy (non-hydrogen) atoms. The second-order valence-corrected chi connectivity index (χ2v) is 8.42. The van der Waals surface area contributed by atoms with Crippen molar-refractivity contribution in [3.8, 4) is 6.07 Å². The van der Waals surface area contributed by atoms with Gasteiger partial charge in [-0.2, -0.15) is 5.26 Å². The lowest BCUT2D eigenvalue weighted by Gasteiger charge is -2.21. The van der Waals surface area contributed by atoms with E-state index >= 15 is 0 Å². The van der Waals surface area contributed by atoms with E-state index in [0.717, 1.165) is 12.8 Å². The van der Waals surface area contributed by atoms with Gasteiger partial charge in [0.1, 0.15) is 17.6 Å². The van der Waals surface area contributed by atoms with Crippen LogP contribution in [0.3, 0.4) is 0 Å². The summed E-state index contributed by atoms with van der Waals surface area (Å²) in [6, 6.07) is 0.429. The van der Waals surface area contributed by atoms with E-state index in [4.69, 9.17) is 11.6 Å². The van der Waals surface area contributed by atoms with Crippen molar-refractivity contribution in [2.75, 3.05) is 6.54 Å². The minimum absolute atomic E-state index is 0.0259. The van der Waals surface area contributed by atoms with Crippen LogP contribution in [0, 0.1) is 23.2 Å². The van der Waals surface area contributed by atoms with Gasteiger partial charge < -0.3 is 20.9 Å². The molecular formula is C20H22ClN7O3. The zero-order valence-corrected chi connectivity index (χ0v) is 17.4. The molecule has 0 aromatic carbocycles. The Bertz CT molecular complexity index is 1060. The van der Waals surface area contributed by atoms with Crippen LogP contribution >= 0.6 is 11.6 Å². The fraction of sp³-hybridized carbons (Fsp3) is 0.500. The highest BCUT2D eigenvalue weighted by molar-refractivity contribution is 6.34. The molecule has 2 aromatic heterocycles. The van der Waals surface area contributed by atoms with Crippen LogP contribution in [-0.2, 0) is 9.59 Å². The molecule has 1 aliphatic carbocycles. The number of aromatic amines is 1. The van der Waals surface area contributed by atoms with Gasteiger partial charge in [0, 0.05) is 18.7 Å². The second-order valence-electron chi connectivity index (χ2n) is 8.01. The number of nitrogens with one attached hydrogen (secondary N) is 4. The normalized spacial score (nSPS) is 20.0. The Morgan fingerprint density at radius 3 is 2.71 bits per heavy atom. The fourth-order valence-corrected chi connectivity index (χ4v) is 3.92. The predicted octanol–water partition coefficient (Wildman–Crippen LogP) is 1.04. The molecule has 11 heteroatoms. The van der Waals surface area contributed by atoms with Gasteiger partial charge in [0.05, 0.1) is 22.8 Å². The molecule has 10 nitrogen and oxygen atoms in total. The Hall–Kier alpha value is -3.19. The quantitative estimate of drug-likeness (QED) is 0.478. The van der Waals surface area contributed by atoms with Crippen LogP contribution in [0.4, 0.5) is 0 Å². The first kappa shape index (κ1) is 21.1. The third kappa shape index (κ3) is 4.94. The summed E-state index contributed by atoms with van der Waals surface area (Å²) in [5.74, 6) is -1.01. The molecule has 4 N–H and O–H groups in total. The van der Waals surface area contributed by atoms with Crippen molar-refractivity contribution in [3.05, 3.63) is 23.2 Å². The Labute approximate surface area is 183 Å². The highest BCUT2D eigenvalue weighted by Gasteiger charge is 2.33. The van der Waals surface area contributed by atoms with Gasteiger partial charge >= 0.3 is 0 Å². The van der Waals surface area contributed by atoms with Crippen molar-refractivity contribution in [1.82, 2.24) is 30.9 Å². The van der Waals surface area contributed by atoms with Crippen molar-refractivity contribution in [1.29, 1.82) is 5.26 Å². The van der Waals surface area contributed by atoms with Crippen LogP contribution in [0.25, 0.3) is 11.0 Å². The molecule has 2 aliphatic rings. The minimum atomic E-state index is -0.810. The van der Waals surface area contributed by atoms with E-state index in [9.17, 15) is 19.6 Å². The number of rotatable bonds is 8. The lowest BCUT2D eigenvalue weighted by molar-refractivity contribution is -0.125. The lowest BCUT2D eigenvalue weighted by atomic mass is 9.98. The smallest absolute Gasteiger partial charge is 0.287 e. The Morgan fingerprint density at radius 1 is 1.26 bits per heavy atom. The summed E-state index contributed by atoms with van der Waals surface area (Å²) in [7, 11) is 0. The number of carbonyl (C=O) groups excluding carboxylic acids is 3. The summed E-state index contributed by atoms with van der Waals surface area (Å²) in [5.41, 5.74) is 0.935. The van der Waals surface area contributed by atoms with Crippen molar-refractivity contribution in [2.24, 2.45) is 11.8 Å². The maximum atomic E-state index is 12.9. The van der Waals surface area contributed by atoms with Crippen molar-refractivity contribution < 1.29 is 14.4 Å². The number of hydrogen-bond donors (Lipinski definition) is 4. The van der Waals surface area contributed by atoms with E-state index in [0.29, 0.717) is 41.4 Å². The molecule has 0 bridgehead atoms. The molecule has 2 aromatic rings. The Morgan fingerprint density at radius 2 is 2.06 bits per heavy atom. The molecular weight excluding hydrogens is 422 g/mol. The van der Waals surface area contributed by atoms with E-state index in [1.807, 2.05) is 6.07 Å². The van der Waals surface area contributed by atoms with Gasteiger partial charge in [-0.05, 0) is 25.2 Å². The number of amides is 3. The third-order valence-electron chi connectivity index (χ3n) is 5.61. The van der Waals surface area contributed by atoms with Gasteiger partial charge in [-0.1, -0.05) is 24.4 Å². The molecule has 3 unspecified atom stereocenters. The van der Waals surface area contributed by atoms with E-state index in [1.54, 1.807) is 0 Å². The van der Waals surface area contributed by atoms with Crippen LogP contribution < -0.4 is 16.0 Å². The van der Waals surface area contributed by atoms with Crippen LogP contribution in [0.2, 0.25) is 5.02 Å².